The molecule has 4 rings (SSSR count). The molecule has 28 heavy (non-hydrogen) atoms. The number of thiazole rings is 1. The summed E-state index contributed by atoms with van der Waals surface area (Å²) in [5.74, 6) is 0.828. The Balaban J connectivity index is 1.59. The molecular formula is C21H22ClN3O2S. The lowest BCUT2D eigenvalue weighted by Gasteiger charge is -2.29. The highest BCUT2D eigenvalue weighted by Crippen LogP contribution is 2.31. The standard InChI is InChI=1S/C21H22ClN3O2S/c1-27-16-8-6-15(7-9-16)17-5-3-2-4-12-24(17)19(26)11-10-18-20(22)23-21-25(18)13-14-28-21/h6-11,13-14,17H,2-5,12H2,1H3. The number of carbonyl (C=O) groups is 1. The first-order chi connectivity index (χ1) is 13.7. The lowest BCUT2D eigenvalue weighted by molar-refractivity contribution is -0.128. The first-order valence-electron chi connectivity index (χ1n) is 9.41. The number of amides is 1. The largest absolute Gasteiger partial charge is 0.497 e. The van der Waals surface area contributed by atoms with Gasteiger partial charge in [0.2, 0.25) is 5.91 Å². The topological polar surface area (TPSA) is 46.8 Å². The van der Waals surface area contributed by atoms with Gasteiger partial charge in [0, 0.05) is 24.2 Å². The molecule has 1 atom stereocenters. The fourth-order valence-electron chi connectivity index (χ4n) is 3.72. The highest BCUT2D eigenvalue weighted by atomic mass is 35.5. The van der Waals surface area contributed by atoms with Crippen LogP contribution in [0.1, 0.15) is 43.0 Å². The van der Waals surface area contributed by atoms with Gasteiger partial charge < -0.3 is 9.64 Å². The SMILES string of the molecule is COc1ccc(C2CCCCCN2C(=O)C=Cc2c(Cl)nc3sccn23)cc1. The van der Waals surface area contributed by atoms with E-state index >= 15 is 0 Å². The van der Waals surface area contributed by atoms with Gasteiger partial charge in [-0.2, -0.15) is 0 Å². The molecule has 1 aliphatic heterocycles. The zero-order chi connectivity index (χ0) is 19.5. The van der Waals surface area contributed by atoms with Crippen LogP contribution in [0, 0.1) is 0 Å². The molecule has 0 bridgehead atoms. The van der Waals surface area contributed by atoms with Crippen LogP contribution in [0.2, 0.25) is 5.15 Å². The third kappa shape index (κ3) is 3.80. The lowest BCUT2D eigenvalue weighted by Crippen LogP contribution is -2.33. The Kier molecular flexibility index (Phi) is 5.69. The fraction of sp³-hybridized carbons (Fsp3) is 0.333. The Labute approximate surface area is 173 Å². The van der Waals surface area contributed by atoms with Crippen molar-refractivity contribution in [1.29, 1.82) is 0 Å². The van der Waals surface area contributed by atoms with Gasteiger partial charge in [-0.25, -0.2) is 4.98 Å². The molecule has 1 aromatic carbocycles. The van der Waals surface area contributed by atoms with E-state index in [-0.39, 0.29) is 11.9 Å². The van der Waals surface area contributed by atoms with Crippen LogP contribution in [-0.4, -0.2) is 33.8 Å². The van der Waals surface area contributed by atoms with Crippen molar-refractivity contribution in [3.05, 3.63) is 58.3 Å². The van der Waals surface area contributed by atoms with Crippen molar-refractivity contribution in [3.63, 3.8) is 0 Å². The first kappa shape index (κ1) is 19.0. The van der Waals surface area contributed by atoms with Gasteiger partial charge in [-0.15, -0.1) is 11.3 Å². The highest BCUT2D eigenvalue weighted by Gasteiger charge is 2.25. The van der Waals surface area contributed by atoms with Crippen LogP contribution in [0.15, 0.2) is 41.9 Å². The number of nitrogens with zero attached hydrogens (tertiary/aromatic N) is 3. The summed E-state index contributed by atoms with van der Waals surface area (Å²) in [7, 11) is 1.66. The maximum atomic E-state index is 13.1. The van der Waals surface area contributed by atoms with Crippen LogP contribution in [-0.2, 0) is 4.79 Å². The van der Waals surface area contributed by atoms with E-state index in [0.29, 0.717) is 5.15 Å². The highest BCUT2D eigenvalue weighted by molar-refractivity contribution is 7.15. The van der Waals surface area contributed by atoms with E-state index in [9.17, 15) is 4.79 Å². The first-order valence-corrected chi connectivity index (χ1v) is 10.7. The molecule has 1 fully saturated rings. The van der Waals surface area contributed by atoms with Gasteiger partial charge in [0.05, 0.1) is 18.8 Å². The van der Waals surface area contributed by atoms with Crippen molar-refractivity contribution in [1.82, 2.24) is 14.3 Å². The number of carbonyl (C=O) groups excluding carboxylic acids is 1. The van der Waals surface area contributed by atoms with Crippen LogP contribution in [0.4, 0.5) is 0 Å². The summed E-state index contributed by atoms with van der Waals surface area (Å²) in [6.45, 7) is 0.758. The predicted molar refractivity (Wildman–Crippen MR) is 113 cm³/mol. The third-order valence-corrected chi connectivity index (χ3v) is 6.21. The van der Waals surface area contributed by atoms with Crippen molar-refractivity contribution in [2.75, 3.05) is 13.7 Å². The molecule has 1 aliphatic rings. The van der Waals surface area contributed by atoms with E-state index in [1.165, 1.54) is 11.3 Å². The number of hydrogen-bond acceptors (Lipinski definition) is 4. The second-order valence-corrected chi connectivity index (χ2v) is 8.08. The van der Waals surface area contributed by atoms with Crippen molar-refractivity contribution in [2.45, 2.75) is 31.7 Å². The van der Waals surface area contributed by atoms with Crippen LogP contribution in [0.3, 0.4) is 0 Å². The monoisotopic (exact) mass is 415 g/mol. The Morgan fingerprint density at radius 3 is 2.89 bits per heavy atom. The van der Waals surface area contributed by atoms with Gasteiger partial charge in [0.25, 0.3) is 0 Å². The van der Waals surface area contributed by atoms with Crippen LogP contribution in [0.5, 0.6) is 5.75 Å². The van der Waals surface area contributed by atoms with Gasteiger partial charge >= 0.3 is 0 Å². The van der Waals surface area contributed by atoms with Crippen molar-refractivity contribution < 1.29 is 9.53 Å². The van der Waals surface area contributed by atoms with E-state index in [0.717, 1.165) is 54.2 Å². The number of methoxy groups -OCH3 is 1. The number of likely N-dealkylation sites (tertiary alicyclic amines) is 1. The molecule has 146 valence electrons. The van der Waals surface area contributed by atoms with Crippen LogP contribution >= 0.6 is 22.9 Å². The average Bonchev–Trinajstić information content (AvgIpc) is 3.17. The number of ether oxygens (including phenoxy) is 1. The molecular weight excluding hydrogens is 394 g/mol. The third-order valence-electron chi connectivity index (χ3n) is 5.17. The summed E-state index contributed by atoms with van der Waals surface area (Å²) in [5.41, 5.74) is 1.88. The quantitative estimate of drug-likeness (QED) is 0.549. The van der Waals surface area contributed by atoms with Gasteiger partial charge in [0.15, 0.2) is 10.1 Å². The molecule has 1 amide bonds. The molecule has 0 aliphatic carbocycles. The molecule has 2 aromatic heterocycles. The second-order valence-electron chi connectivity index (χ2n) is 6.85. The zero-order valence-corrected chi connectivity index (χ0v) is 17.2. The Morgan fingerprint density at radius 2 is 2.11 bits per heavy atom. The number of fused-ring (bicyclic) bond motifs is 1. The smallest absolute Gasteiger partial charge is 0.247 e. The van der Waals surface area contributed by atoms with E-state index < -0.39 is 0 Å². The molecule has 0 N–H and O–H groups in total. The van der Waals surface area contributed by atoms with Crippen molar-refractivity contribution >= 4 is 39.9 Å². The number of hydrogen-bond donors (Lipinski definition) is 0. The Hall–Kier alpha value is -2.31. The molecule has 0 saturated carbocycles. The van der Waals surface area contributed by atoms with Crippen molar-refractivity contribution in [2.24, 2.45) is 0 Å². The molecule has 3 heterocycles. The Morgan fingerprint density at radius 1 is 1.29 bits per heavy atom. The Bertz CT molecular complexity index is 993. The summed E-state index contributed by atoms with van der Waals surface area (Å²) >= 11 is 7.76. The molecule has 1 unspecified atom stereocenters. The molecule has 5 nitrogen and oxygen atoms in total. The van der Waals surface area contributed by atoms with E-state index in [1.54, 1.807) is 19.3 Å². The minimum Gasteiger partial charge on any atom is -0.497 e. The van der Waals surface area contributed by atoms with E-state index in [1.807, 2.05) is 33.0 Å². The summed E-state index contributed by atoms with van der Waals surface area (Å²) < 4.78 is 7.17. The number of imidazole rings is 1. The van der Waals surface area contributed by atoms with E-state index in [2.05, 4.69) is 17.1 Å². The minimum atomic E-state index is 0.00367. The van der Waals surface area contributed by atoms with E-state index in [4.69, 9.17) is 16.3 Å². The fourth-order valence-corrected chi connectivity index (χ4v) is 4.72. The normalized spacial score (nSPS) is 17.9. The van der Waals surface area contributed by atoms with Crippen LogP contribution < -0.4 is 4.74 Å². The maximum absolute atomic E-state index is 13.1. The zero-order valence-electron chi connectivity index (χ0n) is 15.7. The summed E-state index contributed by atoms with van der Waals surface area (Å²) in [6, 6.07) is 8.10. The second kappa shape index (κ2) is 8.37. The summed E-state index contributed by atoms with van der Waals surface area (Å²) in [5, 5.41) is 2.37. The molecule has 3 aromatic rings. The summed E-state index contributed by atoms with van der Waals surface area (Å²) in [6.07, 6.45) is 9.55. The van der Waals surface area contributed by atoms with Gasteiger partial charge in [-0.1, -0.05) is 36.6 Å². The summed E-state index contributed by atoms with van der Waals surface area (Å²) in [4.78, 5) is 20.2. The lowest BCUT2D eigenvalue weighted by atomic mass is 10.0. The number of benzene rings is 1. The molecule has 7 heteroatoms. The minimum absolute atomic E-state index is 0.00367. The molecule has 0 spiro atoms. The maximum Gasteiger partial charge on any atom is 0.247 e. The van der Waals surface area contributed by atoms with Gasteiger partial charge in [0.1, 0.15) is 5.75 Å². The molecule has 0 radical (unpaired) electrons. The number of rotatable bonds is 4. The van der Waals surface area contributed by atoms with Gasteiger partial charge in [-0.05, 0) is 36.6 Å². The average molecular weight is 416 g/mol. The van der Waals surface area contributed by atoms with Crippen molar-refractivity contribution in [3.8, 4) is 5.75 Å². The number of aromatic nitrogens is 2. The predicted octanol–water partition coefficient (Wildman–Crippen LogP) is 5.21. The van der Waals surface area contributed by atoms with Gasteiger partial charge in [-0.3, -0.25) is 9.20 Å². The number of halogens is 1. The molecule has 1 saturated heterocycles. The van der Waals surface area contributed by atoms with Crippen LogP contribution in [0.25, 0.3) is 11.0 Å².